The van der Waals surface area contributed by atoms with Gasteiger partial charge in [0.1, 0.15) is 6.04 Å². The molecule has 5 nitrogen and oxygen atoms in total. The van der Waals surface area contributed by atoms with Crippen molar-refractivity contribution in [3.63, 3.8) is 0 Å². The normalized spacial score (nSPS) is 17.6. The fraction of sp³-hybridized carbons (Fsp3) is 0.688. The number of rotatable bonds is 8. The number of carbonyl (C=O) groups excluding carboxylic acids is 3. The molecule has 1 fully saturated rings. The molecule has 1 atom stereocenters. The van der Waals surface area contributed by atoms with Crippen LogP contribution in [0.1, 0.15) is 58.3 Å². The molecule has 1 saturated heterocycles. The Morgan fingerprint density at radius 3 is 2.62 bits per heavy atom. The summed E-state index contributed by atoms with van der Waals surface area (Å²) in [7, 11) is 0. The number of amides is 3. The average Bonchev–Trinajstić information content (AvgIpc) is 2.91. The Kier molecular flexibility index (Phi) is 7.72. The molecule has 21 heavy (non-hydrogen) atoms. The summed E-state index contributed by atoms with van der Waals surface area (Å²) in [6.45, 7) is 5.61. The predicted octanol–water partition coefficient (Wildman–Crippen LogP) is 2.17. The zero-order valence-corrected chi connectivity index (χ0v) is 12.9. The Balaban J connectivity index is 2.33. The van der Waals surface area contributed by atoms with E-state index in [2.05, 4.69) is 11.9 Å². The fourth-order valence-corrected chi connectivity index (χ4v) is 2.66. The molecule has 0 aromatic carbocycles. The van der Waals surface area contributed by atoms with E-state index in [0.717, 1.165) is 38.5 Å². The smallest absolute Gasteiger partial charge is 0.249 e. The number of likely N-dealkylation sites (tertiary alicyclic amines) is 1. The Hall–Kier alpha value is -1.65. The van der Waals surface area contributed by atoms with Crippen LogP contribution in [0.5, 0.6) is 0 Å². The number of nitrogens with zero attached hydrogens (tertiary/aromatic N) is 1. The first-order valence-electron chi connectivity index (χ1n) is 7.78. The van der Waals surface area contributed by atoms with Gasteiger partial charge in [-0.25, -0.2) is 0 Å². The molecule has 0 aromatic rings. The summed E-state index contributed by atoms with van der Waals surface area (Å²) in [4.78, 5) is 36.6. The van der Waals surface area contributed by atoms with E-state index in [1.54, 1.807) is 4.90 Å². The summed E-state index contributed by atoms with van der Waals surface area (Å²) < 4.78 is 0. The Morgan fingerprint density at radius 1 is 1.24 bits per heavy atom. The highest BCUT2D eigenvalue weighted by molar-refractivity contribution is 5.98. The third kappa shape index (κ3) is 6.10. The van der Waals surface area contributed by atoms with Gasteiger partial charge in [0.05, 0.1) is 0 Å². The van der Waals surface area contributed by atoms with Crippen molar-refractivity contribution in [2.24, 2.45) is 0 Å². The van der Waals surface area contributed by atoms with E-state index in [-0.39, 0.29) is 17.7 Å². The van der Waals surface area contributed by atoms with E-state index < -0.39 is 6.04 Å². The van der Waals surface area contributed by atoms with Crippen LogP contribution in [-0.2, 0) is 14.4 Å². The van der Waals surface area contributed by atoms with Crippen molar-refractivity contribution in [3.05, 3.63) is 12.7 Å². The minimum Gasteiger partial charge on any atom is -0.331 e. The molecule has 0 aliphatic carbocycles. The van der Waals surface area contributed by atoms with Crippen LogP contribution >= 0.6 is 0 Å². The molecule has 118 valence electrons. The summed E-state index contributed by atoms with van der Waals surface area (Å²) in [5.41, 5.74) is 0. The van der Waals surface area contributed by atoms with Crippen molar-refractivity contribution in [1.29, 1.82) is 0 Å². The van der Waals surface area contributed by atoms with Gasteiger partial charge in [-0.1, -0.05) is 18.9 Å². The first kappa shape index (κ1) is 17.4. The maximum Gasteiger partial charge on any atom is 0.249 e. The molecule has 1 aliphatic rings. The highest BCUT2D eigenvalue weighted by Crippen LogP contribution is 2.19. The number of allylic oxidation sites excluding steroid dienone is 1. The predicted molar refractivity (Wildman–Crippen MR) is 81.5 cm³/mol. The molecule has 0 radical (unpaired) electrons. The molecule has 1 aliphatic heterocycles. The minimum absolute atomic E-state index is 0.0277. The maximum atomic E-state index is 12.2. The molecule has 1 N–H and O–H groups in total. The molecule has 0 aromatic heterocycles. The van der Waals surface area contributed by atoms with Crippen LogP contribution in [0.15, 0.2) is 12.7 Å². The second-order valence-electron chi connectivity index (χ2n) is 5.53. The van der Waals surface area contributed by atoms with E-state index in [0.29, 0.717) is 19.4 Å². The van der Waals surface area contributed by atoms with Gasteiger partial charge in [-0.15, -0.1) is 6.58 Å². The fourth-order valence-electron chi connectivity index (χ4n) is 2.66. The van der Waals surface area contributed by atoms with E-state index in [9.17, 15) is 14.4 Å². The lowest BCUT2D eigenvalue weighted by atomic mass is 10.1. The van der Waals surface area contributed by atoms with Crippen molar-refractivity contribution < 1.29 is 14.4 Å². The second kappa shape index (κ2) is 9.32. The van der Waals surface area contributed by atoms with Crippen molar-refractivity contribution >= 4 is 17.7 Å². The first-order chi connectivity index (χ1) is 10.1. The van der Waals surface area contributed by atoms with Crippen LogP contribution < -0.4 is 5.32 Å². The highest BCUT2D eigenvalue weighted by atomic mass is 16.2. The third-order valence-corrected chi connectivity index (χ3v) is 3.72. The summed E-state index contributed by atoms with van der Waals surface area (Å²) in [6.07, 6.45) is 8.98. The Labute approximate surface area is 126 Å². The zero-order valence-electron chi connectivity index (χ0n) is 12.9. The number of hydrogen-bond donors (Lipinski definition) is 1. The molecular formula is C16H26N2O3. The third-order valence-electron chi connectivity index (χ3n) is 3.72. The largest absolute Gasteiger partial charge is 0.331 e. The van der Waals surface area contributed by atoms with E-state index in [1.165, 1.54) is 6.92 Å². The van der Waals surface area contributed by atoms with Gasteiger partial charge in [-0.05, 0) is 32.1 Å². The molecule has 0 bridgehead atoms. The molecule has 1 heterocycles. The van der Waals surface area contributed by atoms with Crippen molar-refractivity contribution in [2.75, 3.05) is 6.54 Å². The first-order valence-corrected chi connectivity index (χ1v) is 7.78. The van der Waals surface area contributed by atoms with Gasteiger partial charge < -0.3 is 4.90 Å². The summed E-state index contributed by atoms with van der Waals surface area (Å²) in [5, 5.41) is 2.28. The molecule has 3 amide bonds. The van der Waals surface area contributed by atoms with Gasteiger partial charge in [0.2, 0.25) is 17.7 Å². The second-order valence-corrected chi connectivity index (χ2v) is 5.53. The topological polar surface area (TPSA) is 66.5 Å². The number of hydrogen-bond acceptors (Lipinski definition) is 3. The van der Waals surface area contributed by atoms with Gasteiger partial charge in [-0.3, -0.25) is 19.7 Å². The van der Waals surface area contributed by atoms with Crippen LogP contribution in [0, 0.1) is 0 Å². The summed E-state index contributed by atoms with van der Waals surface area (Å²) >= 11 is 0. The molecule has 1 rings (SSSR count). The Morgan fingerprint density at radius 2 is 1.95 bits per heavy atom. The van der Waals surface area contributed by atoms with Gasteiger partial charge >= 0.3 is 0 Å². The molecular weight excluding hydrogens is 268 g/mol. The lowest BCUT2D eigenvalue weighted by Gasteiger charge is -2.23. The molecule has 0 saturated carbocycles. The number of nitrogens with one attached hydrogen (secondary N) is 1. The molecule has 0 unspecified atom stereocenters. The van der Waals surface area contributed by atoms with Crippen LogP contribution in [0.25, 0.3) is 0 Å². The number of imide groups is 1. The van der Waals surface area contributed by atoms with E-state index in [1.807, 2.05) is 6.08 Å². The number of unbranched alkanes of at least 4 members (excludes halogenated alkanes) is 4. The molecule has 5 heteroatoms. The minimum atomic E-state index is -0.470. The monoisotopic (exact) mass is 294 g/mol. The SMILES string of the molecule is C=CCCCCCCC(=O)N1CCC[C@H]1C(=O)NC(C)=O. The van der Waals surface area contributed by atoms with Crippen LogP contribution in [-0.4, -0.2) is 35.2 Å². The standard InChI is InChI=1S/C16H26N2O3/c1-3-4-5-6-7-8-11-15(20)18-12-9-10-14(18)16(21)17-13(2)19/h3,14H,1,4-12H2,2H3,(H,17,19,21)/t14-/m0/s1. The van der Waals surface area contributed by atoms with E-state index >= 15 is 0 Å². The van der Waals surface area contributed by atoms with Gasteiger partial charge in [0.15, 0.2) is 0 Å². The van der Waals surface area contributed by atoms with Crippen molar-refractivity contribution in [2.45, 2.75) is 64.3 Å². The number of carbonyl (C=O) groups is 3. The lowest BCUT2D eigenvalue weighted by molar-refractivity contribution is -0.140. The summed E-state index contributed by atoms with van der Waals surface area (Å²) in [5.74, 6) is -0.694. The van der Waals surface area contributed by atoms with E-state index in [4.69, 9.17) is 0 Å². The molecule has 0 spiro atoms. The summed E-state index contributed by atoms with van der Waals surface area (Å²) in [6, 6.07) is -0.470. The Bertz CT molecular complexity index is 393. The quantitative estimate of drug-likeness (QED) is 0.551. The average molecular weight is 294 g/mol. The van der Waals surface area contributed by atoms with Crippen LogP contribution in [0.4, 0.5) is 0 Å². The lowest BCUT2D eigenvalue weighted by Crippen LogP contribution is -2.47. The van der Waals surface area contributed by atoms with Gasteiger partial charge in [-0.2, -0.15) is 0 Å². The van der Waals surface area contributed by atoms with Crippen molar-refractivity contribution in [1.82, 2.24) is 10.2 Å². The van der Waals surface area contributed by atoms with Crippen molar-refractivity contribution in [3.8, 4) is 0 Å². The van der Waals surface area contributed by atoms with Gasteiger partial charge in [0, 0.05) is 19.9 Å². The maximum absolute atomic E-state index is 12.2. The highest BCUT2D eigenvalue weighted by Gasteiger charge is 2.33. The van der Waals surface area contributed by atoms with Crippen LogP contribution in [0.3, 0.4) is 0 Å². The van der Waals surface area contributed by atoms with Gasteiger partial charge in [0.25, 0.3) is 0 Å². The van der Waals surface area contributed by atoms with Crippen LogP contribution in [0.2, 0.25) is 0 Å². The zero-order chi connectivity index (χ0) is 15.7.